The fraction of sp³-hybridized carbons (Fsp3) is 0.308. The predicted octanol–water partition coefficient (Wildman–Crippen LogP) is -1.14. The third-order valence-corrected chi connectivity index (χ3v) is 2.22. The van der Waals surface area contributed by atoms with Crippen LogP contribution in [0.1, 0.15) is 30.9 Å². The second-order valence-corrected chi connectivity index (χ2v) is 3.80. The van der Waals surface area contributed by atoms with Crippen LogP contribution in [0, 0.1) is 6.92 Å². The second kappa shape index (κ2) is 8.88. The molecule has 0 aliphatic rings. The summed E-state index contributed by atoms with van der Waals surface area (Å²) in [7, 11) is 0. The number of benzene rings is 1. The van der Waals surface area contributed by atoms with E-state index in [1.807, 2.05) is 24.3 Å². The molecular weight excluding hydrogens is 241 g/mol. The van der Waals surface area contributed by atoms with Gasteiger partial charge in [-0.2, -0.15) is 24.6 Å². The Bertz CT molecular complexity index is 374. The summed E-state index contributed by atoms with van der Waals surface area (Å²) in [6, 6.07) is 7.65. The average Bonchev–Trinajstić information content (AvgIpc) is 2.25. The molecule has 17 heavy (non-hydrogen) atoms. The van der Waals surface area contributed by atoms with Crippen LogP contribution in [0.2, 0.25) is 0 Å². The molecule has 1 aromatic carbocycles. The summed E-state index contributed by atoms with van der Waals surface area (Å²) in [5.41, 5.74) is 1.98. The monoisotopic (exact) mass is 257 g/mol. The van der Waals surface area contributed by atoms with E-state index in [4.69, 9.17) is 0 Å². The van der Waals surface area contributed by atoms with E-state index in [-0.39, 0.29) is 69.5 Å². The molecule has 0 atom stereocenters. The molecule has 3 nitrogen and oxygen atoms in total. The zero-order chi connectivity index (χ0) is 12.0. The molecule has 1 rings (SSSR count). The minimum Gasteiger partial charge on any atom is -0.352 e. The fourth-order valence-corrected chi connectivity index (χ4v) is 1.24. The first-order chi connectivity index (χ1) is 7.58. The van der Waals surface area contributed by atoms with Crippen LogP contribution < -0.4 is 56.7 Å². The maximum atomic E-state index is 11.3. The van der Waals surface area contributed by atoms with Crippen molar-refractivity contribution in [1.29, 1.82) is 0 Å². The summed E-state index contributed by atoms with van der Waals surface area (Å²) in [6.45, 7) is 5.76. The van der Waals surface area contributed by atoms with Crippen molar-refractivity contribution in [1.82, 2.24) is 5.32 Å². The standard InChI is InChI=1S/C13H16NO2.K/c1-10-3-6-12(7-4-10)9-14-13(16)8-5-11(2)15;/h3-4,6-7H,1,5,8-9H2,2H3,(H,14,16);/q-1;+1. The summed E-state index contributed by atoms with van der Waals surface area (Å²) >= 11 is 0. The minimum atomic E-state index is -0.0890. The van der Waals surface area contributed by atoms with Crippen LogP contribution in [0.25, 0.3) is 0 Å². The van der Waals surface area contributed by atoms with Gasteiger partial charge in [-0.25, -0.2) is 0 Å². The van der Waals surface area contributed by atoms with Crippen LogP contribution in [0.3, 0.4) is 0 Å². The van der Waals surface area contributed by atoms with E-state index < -0.39 is 0 Å². The molecule has 0 spiro atoms. The number of rotatable bonds is 5. The third-order valence-electron chi connectivity index (χ3n) is 2.22. The Balaban J connectivity index is 0.00000256. The number of nitrogens with one attached hydrogen (secondary N) is 1. The van der Waals surface area contributed by atoms with Gasteiger partial charge in [-0.1, -0.05) is 5.56 Å². The first-order valence-electron chi connectivity index (χ1n) is 5.25. The van der Waals surface area contributed by atoms with Crippen molar-refractivity contribution in [2.24, 2.45) is 0 Å². The fourth-order valence-electron chi connectivity index (χ4n) is 1.24. The van der Waals surface area contributed by atoms with Gasteiger partial charge in [0.15, 0.2) is 0 Å². The van der Waals surface area contributed by atoms with Crippen molar-refractivity contribution in [3.05, 3.63) is 42.3 Å². The van der Waals surface area contributed by atoms with Crippen molar-refractivity contribution in [3.8, 4) is 0 Å². The molecule has 0 aliphatic heterocycles. The molecule has 4 heteroatoms. The van der Waals surface area contributed by atoms with Gasteiger partial charge in [0.2, 0.25) is 5.91 Å². The molecule has 1 aromatic rings. The molecule has 0 saturated heterocycles. The first kappa shape index (κ1) is 16.9. The Kier molecular flexibility index (Phi) is 8.82. The molecule has 0 unspecified atom stereocenters. The van der Waals surface area contributed by atoms with Gasteiger partial charge in [-0.3, -0.25) is 4.79 Å². The van der Waals surface area contributed by atoms with Gasteiger partial charge in [0, 0.05) is 19.4 Å². The zero-order valence-electron chi connectivity index (χ0n) is 10.5. The Labute approximate surface area is 145 Å². The number of ketones is 1. The smallest absolute Gasteiger partial charge is 0.352 e. The molecule has 0 aliphatic carbocycles. The minimum absolute atomic E-state index is 0. The Morgan fingerprint density at radius 1 is 1.18 bits per heavy atom. The summed E-state index contributed by atoms with van der Waals surface area (Å²) in [5, 5.41) is 2.76. The van der Waals surface area contributed by atoms with E-state index in [2.05, 4.69) is 12.2 Å². The van der Waals surface area contributed by atoms with E-state index in [9.17, 15) is 9.59 Å². The topological polar surface area (TPSA) is 46.2 Å². The van der Waals surface area contributed by atoms with Gasteiger partial charge >= 0.3 is 51.4 Å². The van der Waals surface area contributed by atoms with E-state index in [0.717, 1.165) is 11.1 Å². The number of carbonyl (C=O) groups excluding carboxylic acids is 2. The van der Waals surface area contributed by atoms with Crippen molar-refractivity contribution < 1.29 is 61.0 Å². The SMILES string of the molecule is [CH2-]c1ccc(CNC(=O)CCC(C)=O)cc1.[K+]. The second-order valence-electron chi connectivity index (χ2n) is 3.80. The van der Waals surface area contributed by atoms with E-state index in [0.29, 0.717) is 13.0 Å². The van der Waals surface area contributed by atoms with Crippen molar-refractivity contribution in [3.63, 3.8) is 0 Å². The molecule has 0 fully saturated rings. The molecule has 86 valence electrons. The maximum absolute atomic E-state index is 11.3. The van der Waals surface area contributed by atoms with Crippen LogP contribution in [0.5, 0.6) is 0 Å². The summed E-state index contributed by atoms with van der Waals surface area (Å²) in [6.07, 6.45) is 0.576. The van der Waals surface area contributed by atoms with Crippen LogP contribution >= 0.6 is 0 Å². The van der Waals surface area contributed by atoms with Crippen LogP contribution in [-0.2, 0) is 16.1 Å². The Morgan fingerprint density at radius 2 is 1.76 bits per heavy atom. The number of amides is 1. The number of Topliss-reactive ketones (excluding diaryl/α,β-unsaturated/α-hetero) is 1. The summed E-state index contributed by atoms with van der Waals surface area (Å²) < 4.78 is 0. The van der Waals surface area contributed by atoms with Crippen LogP contribution in [0.15, 0.2) is 24.3 Å². The van der Waals surface area contributed by atoms with Crippen molar-refractivity contribution in [2.75, 3.05) is 0 Å². The molecular formula is C13H16KNO2. The molecule has 0 bridgehead atoms. The van der Waals surface area contributed by atoms with E-state index in [1.165, 1.54) is 6.92 Å². The number of hydrogen-bond acceptors (Lipinski definition) is 2. The normalized spacial score (nSPS) is 9.24. The van der Waals surface area contributed by atoms with Gasteiger partial charge in [0.25, 0.3) is 0 Å². The van der Waals surface area contributed by atoms with Crippen molar-refractivity contribution in [2.45, 2.75) is 26.3 Å². The van der Waals surface area contributed by atoms with Crippen LogP contribution in [0.4, 0.5) is 0 Å². The number of carbonyl (C=O) groups is 2. The third kappa shape index (κ3) is 7.73. The number of hydrogen-bond donors (Lipinski definition) is 1. The van der Waals surface area contributed by atoms with Gasteiger partial charge in [-0.05, 0) is 6.92 Å². The van der Waals surface area contributed by atoms with Crippen molar-refractivity contribution >= 4 is 11.7 Å². The van der Waals surface area contributed by atoms with Gasteiger partial charge in [0.05, 0.1) is 0 Å². The molecule has 0 saturated carbocycles. The van der Waals surface area contributed by atoms with Gasteiger partial charge < -0.3 is 10.1 Å². The Hall–Kier alpha value is -0.134. The first-order valence-corrected chi connectivity index (χ1v) is 5.25. The van der Waals surface area contributed by atoms with Crippen LogP contribution in [-0.4, -0.2) is 11.7 Å². The summed E-state index contributed by atoms with van der Waals surface area (Å²) in [4.78, 5) is 22.0. The zero-order valence-corrected chi connectivity index (χ0v) is 13.6. The molecule has 0 radical (unpaired) electrons. The molecule has 0 heterocycles. The predicted molar refractivity (Wildman–Crippen MR) is 62.7 cm³/mol. The van der Waals surface area contributed by atoms with E-state index in [1.54, 1.807) is 0 Å². The molecule has 1 N–H and O–H groups in total. The van der Waals surface area contributed by atoms with E-state index >= 15 is 0 Å². The molecule has 0 aromatic heterocycles. The Morgan fingerprint density at radius 3 is 2.29 bits per heavy atom. The van der Waals surface area contributed by atoms with Gasteiger partial charge in [0.1, 0.15) is 5.78 Å². The summed E-state index contributed by atoms with van der Waals surface area (Å²) in [5.74, 6) is -0.0505. The largest absolute Gasteiger partial charge is 1.00 e. The average molecular weight is 257 g/mol. The van der Waals surface area contributed by atoms with Gasteiger partial charge in [-0.15, -0.1) is 12.1 Å². The maximum Gasteiger partial charge on any atom is 1.00 e. The molecule has 1 amide bonds. The quantitative estimate of drug-likeness (QED) is 0.535.